The Morgan fingerprint density at radius 1 is 1.33 bits per heavy atom. The van der Waals surface area contributed by atoms with E-state index in [2.05, 4.69) is 20.7 Å². The number of carbonyl (C=O) groups is 1. The number of carbonyl (C=O) groups excluding carboxylic acids is 1. The molecule has 1 heterocycles. The monoisotopic (exact) mass is 221 g/mol. The van der Waals surface area contributed by atoms with Crippen molar-refractivity contribution in [2.75, 3.05) is 0 Å². The summed E-state index contributed by atoms with van der Waals surface area (Å²) in [6, 6.07) is 0. The van der Waals surface area contributed by atoms with Gasteiger partial charge < -0.3 is 9.90 Å². The summed E-state index contributed by atoms with van der Waals surface area (Å²) in [5, 5.41) is 30.9. The molecule has 0 atom stereocenters. The van der Waals surface area contributed by atoms with E-state index in [1.54, 1.807) is 0 Å². The molecule has 0 aromatic carbocycles. The fourth-order valence-electron chi connectivity index (χ4n) is 0.414. The number of carboxylic acids is 1. The molecule has 1 rings (SSSR count). The average molecular weight is 222 g/mol. The SMILES string of the molecule is O=C([O-])C1([N+](=O)[O-])N=NN=N1.[Cu+]. The minimum Gasteiger partial charge on any atom is -0.540 e. The van der Waals surface area contributed by atoms with Gasteiger partial charge in [-0.1, -0.05) is 10.2 Å². The summed E-state index contributed by atoms with van der Waals surface area (Å²) in [7, 11) is 0. The number of carboxylic acid groups (broad SMARTS) is 1. The van der Waals surface area contributed by atoms with Gasteiger partial charge in [-0.25, -0.2) is 0 Å². The van der Waals surface area contributed by atoms with Crippen molar-refractivity contribution in [1.29, 1.82) is 0 Å². The Hall–Kier alpha value is -1.41. The number of nitro groups is 1. The predicted molar refractivity (Wildman–Crippen MR) is 24.4 cm³/mol. The van der Waals surface area contributed by atoms with Crippen LogP contribution < -0.4 is 5.11 Å². The van der Waals surface area contributed by atoms with Crippen molar-refractivity contribution >= 4 is 5.97 Å². The second kappa shape index (κ2) is 3.32. The molecule has 0 unspecified atom stereocenters. The molecule has 0 spiro atoms. The predicted octanol–water partition coefficient (Wildman–Crippen LogP) is -1.50. The molecule has 0 saturated heterocycles. The van der Waals surface area contributed by atoms with Gasteiger partial charge in [0.25, 0.3) is 0 Å². The molecule has 0 aliphatic carbocycles. The molecule has 68 valence electrons. The maximum atomic E-state index is 10.1. The quantitative estimate of drug-likeness (QED) is 0.319. The van der Waals surface area contributed by atoms with Crippen molar-refractivity contribution in [2.45, 2.75) is 5.79 Å². The maximum absolute atomic E-state index is 10.1. The van der Waals surface area contributed by atoms with E-state index in [4.69, 9.17) is 0 Å². The third kappa shape index (κ3) is 1.29. The van der Waals surface area contributed by atoms with Crippen LogP contribution in [0.15, 0.2) is 20.7 Å². The maximum Gasteiger partial charge on any atom is 1.00 e. The fourth-order valence-corrected chi connectivity index (χ4v) is 0.414. The molecule has 0 N–H and O–H groups in total. The van der Waals surface area contributed by atoms with Crippen molar-refractivity contribution in [1.82, 2.24) is 0 Å². The Bertz CT molecular complexity index is 245. The van der Waals surface area contributed by atoms with Crippen LogP contribution in [-0.2, 0) is 21.9 Å². The summed E-state index contributed by atoms with van der Waals surface area (Å²) in [6.45, 7) is 0. The summed E-state index contributed by atoms with van der Waals surface area (Å²) < 4.78 is 0. The minimum atomic E-state index is -2.86. The molecule has 10 heteroatoms. The second-order valence-corrected chi connectivity index (χ2v) is 1.56. The summed E-state index contributed by atoms with van der Waals surface area (Å²) in [6.07, 6.45) is 0. The largest absolute Gasteiger partial charge is 1.00 e. The molecule has 0 amide bonds. The molecule has 9 nitrogen and oxygen atoms in total. The molecule has 12 heavy (non-hydrogen) atoms. The van der Waals surface area contributed by atoms with Crippen molar-refractivity contribution in [2.24, 2.45) is 20.7 Å². The molecule has 0 saturated carbocycles. The van der Waals surface area contributed by atoms with Crippen LogP contribution >= 0.6 is 0 Å². The fraction of sp³-hybridized carbons (Fsp3) is 0.500. The van der Waals surface area contributed by atoms with Crippen LogP contribution in [0.4, 0.5) is 0 Å². The van der Waals surface area contributed by atoms with Gasteiger partial charge in [-0.2, -0.15) is 0 Å². The van der Waals surface area contributed by atoms with Gasteiger partial charge in [-0.3, -0.25) is 10.1 Å². The van der Waals surface area contributed by atoms with Crippen molar-refractivity contribution in [3.63, 3.8) is 0 Å². The molecule has 1 aliphatic rings. The first-order chi connectivity index (χ1) is 5.09. The zero-order valence-corrected chi connectivity index (χ0v) is 6.11. The molecular formula is C2CuN5O4. The third-order valence-electron chi connectivity index (χ3n) is 0.937. The Balaban J connectivity index is 0.00000121. The Morgan fingerprint density at radius 3 is 1.92 bits per heavy atom. The topological polar surface area (TPSA) is 133 Å². The first kappa shape index (κ1) is 10.6. The van der Waals surface area contributed by atoms with Crippen LogP contribution in [0.25, 0.3) is 0 Å². The van der Waals surface area contributed by atoms with Gasteiger partial charge >= 0.3 is 22.9 Å². The molecule has 1 aliphatic heterocycles. The van der Waals surface area contributed by atoms with E-state index in [0.29, 0.717) is 0 Å². The molecule has 0 aromatic heterocycles. The van der Waals surface area contributed by atoms with Crippen molar-refractivity contribution in [3.8, 4) is 0 Å². The smallest absolute Gasteiger partial charge is 0.540 e. The second-order valence-electron chi connectivity index (χ2n) is 1.56. The van der Waals surface area contributed by atoms with Gasteiger partial charge in [0.1, 0.15) is 0 Å². The number of nitrogens with zero attached hydrogens (tertiary/aromatic N) is 5. The molecule has 0 radical (unpaired) electrons. The number of aliphatic carboxylic acids is 1. The van der Waals surface area contributed by atoms with Gasteiger partial charge in [0.2, 0.25) is 0 Å². The van der Waals surface area contributed by atoms with Crippen molar-refractivity contribution in [3.05, 3.63) is 10.1 Å². The summed E-state index contributed by atoms with van der Waals surface area (Å²) in [5.41, 5.74) is 0. The first-order valence-corrected chi connectivity index (χ1v) is 2.29. The van der Waals surface area contributed by atoms with Crippen LogP contribution in [0.2, 0.25) is 0 Å². The van der Waals surface area contributed by atoms with E-state index in [0.717, 1.165) is 0 Å². The van der Waals surface area contributed by atoms with Crippen LogP contribution in [0.5, 0.6) is 0 Å². The summed E-state index contributed by atoms with van der Waals surface area (Å²) in [4.78, 5) is 18.9. The van der Waals surface area contributed by atoms with Crippen LogP contribution in [0.1, 0.15) is 0 Å². The van der Waals surface area contributed by atoms with E-state index in [1.165, 1.54) is 0 Å². The Kier molecular flexibility index (Phi) is 2.93. The van der Waals surface area contributed by atoms with Gasteiger partial charge in [0, 0.05) is 0 Å². The van der Waals surface area contributed by atoms with E-state index < -0.39 is 16.7 Å². The standard InChI is InChI=1S/C2HN5O4.Cu/c8-1(9)2(7(10)11)3-5-6-4-2;/h(H,8,9);/q;+1/p-1. The van der Waals surface area contributed by atoms with E-state index >= 15 is 0 Å². The summed E-state index contributed by atoms with van der Waals surface area (Å²) >= 11 is 0. The van der Waals surface area contributed by atoms with Crippen LogP contribution in [-0.4, -0.2) is 16.7 Å². The third-order valence-corrected chi connectivity index (χ3v) is 0.937. The van der Waals surface area contributed by atoms with Gasteiger partial charge in [-0.05, 0) is 10.4 Å². The summed E-state index contributed by atoms with van der Waals surface area (Å²) in [5.74, 6) is -4.92. The number of rotatable bonds is 2. The van der Waals surface area contributed by atoms with Crippen LogP contribution in [0, 0.1) is 10.1 Å². The van der Waals surface area contributed by atoms with Crippen LogP contribution in [0.3, 0.4) is 0 Å². The molecular weight excluding hydrogens is 222 g/mol. The zero-order chi connectivity index (χ0) is 8.48. The molecule has 0 aromatic rings. The molecule has 0 bridgehead atoms. The normalized spacial score (nSPS) is 17.0. The number of hydrogen-bond donors (Lipinski definition) is 0. The van der Waals surface area contributed by atoms with E-state index in [1.807, 2.05) is 0 Å². The molecule has 0 fully saturated rings. The first-order valence-electron chi connectivity index (χ1n) is 2.29. The average Bonchev–Trinajstić information content (AvgIpc) is 2.34. The van der Waals surface area contributed by atoms with E-state index in [-0.39, 0.29) is 17.1 Å². The van der Waals surface area contributed by atoms with Gasteiger partial charge in [0.15, 0.2) is 5.97 Å². The van der Waals surface area contributed by atoms with Gasteiger partial charge in [-0.15, -0.1) is 0 Å². The van der Waals surface area contributed by atoms with Gasteiger partial charge in [0.05, 0.1) is 4.92 Å². The minimum absolute atomic E-state index is 0. The Morgan fingerprint density at radius 2 is 1.75 bits per heavy atom. The van der Waals surface area contributed by atoms with Crippen molar-refractivity contribution < 1.29 is 31.9 Å². The van der Waals surface area contributed by atoms with E-state index in [9.17, 15) is 20.0 Å². The zero-order valence-electron chi connectivity index (χ0n) is 5.17. The Labute approximate surface area is 75.2 Å². The number of hydrogen-bond acceptors (Lipinski definition) is 8.